The average Bonchev–Trinajstić information content (AvgIpc) is 2.29. The molecular weight excluding hydrogens is 258 g/mol. The number of aromatic nitrogens is 1. The van der Waals surface area contributed by atoms with Gasteiger partial charge in [0.05, 0.1) is 0 Å². The SMILES string of the molecule is O=C(c1cccc(Br)n1)C1CCOCC1. The second-order valence-corrected chi connectivity index (χ2v) is 4.41. The Labute approximate surface area is 97.0 Å². The summed E-state index contributed by atoms with van der Waals surface area (Å²) in [4.78, 5) is 16.2. The summed E-state index contributed by atoms with van der Waals surface area (Å²) in [6, 6.07) is 5.42. The third kappa shape index (κ3) is 2.63. The molecule has 1 saturated heterocycles. The third-order valence-corrected chi connectivity index (χ3v) is 3.00. The van der Waals surface area contributed by atoms with Gasteiger partial charge in [-0.1, -0.05) is 6.07 Å². The van der Waals surface area contributed by atoms with E-state index < -0.39 is 0 Å². The molecule has 15 heavy (non-hydrogen) atoms. The van der Waals surface area contributed by atoms with Crippen molar-refractivity contribution in [1.82, 2.24) is 4.98 Å². The van der Waals surface area contributed by atoms with Crippen LogP contribution in [-0.2, 0) is 4.74 Å². The van der Waals surface area contributed by atoms with Crippen molar-refractivity contribution in [2.24, 2.45) is 5.92 Å². The summed E-state index contributed by atoms with van der Waals surface area (Å²) < 4.78 is 5.94. The molecule has 0 saturated carbocycles. The van der Waals surface area contributed by atoms with Crippen LogP contribution < -0.4 is 0 Å². The van der Waals surface area contributed by atoms with Crippen molar-refractivity contribution in [3.05, 3.63) is 28.5 Å². The van der Waals surface area contributed by atoms with Gasteiger partial charge in [0.15, 0.2) is 5.78 Å². The summed E-state index contributed by atoms with van der Waals surface area (Å²) in [5.41, 5.74) is 0.552. The first-order chi connectivity index (χ1) is 7.27. The summed E-state index contributed by atoms with van der Waals surface area (Å²) in [6.45, 7) is 1.37. The normalized spacial score (nSPS) is 17.7. The standard InChI is InChI=1S/C11H12BrNO2/c12-10-3-1-2-9(13-10)11(14)8-4-6-15-7-5-8/h1-3,8H,4-7H2. The molecule has 0 amide bonds. The van der Waals surface area contributed by atoms with E-state index in [1.165, 1.54) is 0 Å². The van der Waals surface area contributed by atoms with Gasteiger partial charge in [-0.15, -0.1) is 0 Å². The Balaban J connectivity index is 2.12. The lowest BCUT2D eigenvalue weighted by molar-refractivity contribution is 0.0541. The molecule has 1 aliphatic heterocycles. The summed E-state index contributed by atoms with van der Waals surface area (Å²) in [5, 5.41) is 0. The highest BCUT2D eigenvalue weighted by Crippen LogP contribution is 2.19. The van der Waals surface area contributed by atoms with Gasteiger partial charge in [-0.25, -0.2) is 4.98 Å². The number of halogens is 1. The molecule has 1 fully saturated rings. The molecule has 0 N–H and O–H groups in total. The Bertz CT molecular complexity index is 361. The molecule has 1 aromatic heterocycles. The molecule has 2 heterocycles. The fourth-order valence-electron chi connectivity index (χ4n) is 1.71. The zero-order valence-electron chi connectivity index (χ0n) is 8.28. The number of ether oxygens (including phenoxy) is 1. The van der Waals surface area contributed by atoms with E-state index in [1.54, 1.807) is 6.07 Å². The van der Waals surface area contributed by atoms with Gasteiger partial charge >= 0.3 is 0 Å². The van der Waals surface area contributed by atoms with Crippen molar-refractivity contribution >= 4 is 21.7 Å². The van der Waals surface area contributed by atoms with Crippen LogP contribution in [0.3, 0.4) is 0 Å². The van der Waals surface area contributed by atoms with E-state index in [9.17, 15) is 4.79 Å². The summed E-state index contributed by atoms with van der Waals surface area (Å²) >= 11 is 3.27. The first kappa shape index (κ1) is 10.8. The Morgan fingerprint density at radius 1 is 1.40 bits per heavy atom. The van der Waals surface area contributed by atoms with Crippen LogP contribution in [-0.4, -0.2) is 24.0 Å². The predicted molar refractivity (Wildman–Crippen MR) is 59.8 cm³/mol. The monoisotopic (exact) mass is 269 g/mol. The molecule has 0 aromatic carbocycles. The van der Waals surface area contributed by atoms with Crippen molar-refractivity contribution < 1.29 is 9.53 Å². The highest BCUT2D eigenvalue weighted by Gasteiger charge is 2.23. The molecule has 0 atom stereocenters. The summed E-state index contributed by atoms with van der Waals surface area (Å²) in [5.74, 6) is 0.222. The predicted octanol–water partition coefficient (Wildman–Crippen LogP) is 2.45. The van der Waals surface area contributed by atoms with Crippen molar-refractivity contribution in [1.29, 1.82) is 0 Å². The van der Waals surface area contributed by atoms with Crippen LogP contribution in [0.2, 0.25) is 0 Å². The van der Waals surface area contributed by atoms with Crippen molar-refractivity contribution in [3.63, 3.8) is 0 Å². The molecule has 80 valence electrons. The van der Waals surface area contributed by atoms with E-state index in [0.29, 0.717) is 23.5 Å². The fraction of sp³-hybridized carbons (Fsp3) is 0.455. The van der Waals surface area contributed by atoms with Crippen molar-refractivity contribution in [2.75, 3.05) is 13.2 Å². The zero-order chi connectivity index (χ0) is 10.7. The number of pyridine rings is 1. The lowest BCUT2D eigenvalue weighted by Crippen LogP contribution is -2.24. The van der Waals surface area contributed by atoms with Gasteiger partial charge in [-0.2, -0.15) is 0 Å². The van der Waals surface area contributed by atoms with Crippen LogP contribution in [0.25, 0.3) is 0 Å². The van der Waals surface area contributed by atoms with Crippen molar-refractivity contribution in [3.8, 4) is 0 Å². The molecular formula is C11H12BrNO2. The molecule has 0 unspecified atom stereocenters. The number of hydrogen-bond acceptors (Lipinski definition) is 3. The molecule has 2 rings (SSSR count). The maximum absolute atomic E-state index is 12.0. The maximum atomic E-state index is 12.0. The lowest BCUT2D eigenvalue weighted by Gasteiger charge is -2.20. The zero-order valence-corrected chi connectivity index (χ0v) is 9.87. The van der Waals surface area contributed by atoms with Gasteiger partial charge in [0.2, 0.25) is 0 Å². The summed E-state index contributed by atoms with van der Waals surface area (Å²) in [7, 11) is 0. The smallest absolute Gasteiger partial charge is 0.184 e. The molecule has 0 bridgehead atoms. The number of hydrogen-bond donors (Lipinski definition) is 0. The van der Waals surface area contributed by atoms with E-state index in [2.05, 4.69) is 20.9 Å². The molecule has 4 heteroatoms. The van der Waals surface area contributed by atoms with E-state index in [1.807, 2.05) is 12.1 Å². The van der Waals surface area contributed by atoms with Crippen LogP contribution >= 0.6 is 15.9 Å². The number of carbonyl (C=O) groups excluding carboxylic acids is 1. The van der Waals surface area contributed by atoms with E-state index in [-0.39, 0.29) is 11.7 Å². The highest BCUT2D eigenvalue weighted by molar-refractivity contribution is 9.10. The van der Waals surface area contributed by atoms with E-state index >= 15 is 0 Å². The second kappa shape index (κ2) is 4.86. The summed E-state index contributed by atoms with van der Waals surface area (Å²) in [6.07, 6.45) is 1.63. The largest absolute Gasteiger partial charge is 0.381 e. The van der Waals surface area contributed by atoms with Gasteiger partial charge in [0.1, 0.15) is 10.3 Å². The van der Waals surface area contributed by atoms with E-state index in [0.717, 1.165) is 12.8 Å². The molecule has 1 aliphatic rings. The Morgan fingerprint density at radius 2 is 2.13 bits per heavy atom. The minimum Gasteiger partial charge on any atom is -0.381 e. The second-order valence-electron chi connectivity index (χ2n) is 3.60. The highest BCUT2D eigenvalue weighted by atomic mass is 79.9. The molecule has 0 aliphatic carbocycles. The molecule has 0 radical (unpaired) electrons. The topological polar surface area (TPSA) is 39.2 Å². The fourth-order valence-corrected chi connectivity index (χ4v) is 2.06. The first-order valence-electron chi connectivity index (χ1n) is 5.02. The molecule has 1 aromatic rings. The number of carbonyl (C=O) groups is 1. The Morgan fingerprint density at radius 3 is 2.80 bits per heavy atom. The Hall–Kier alpha value is -0.740. The number of Topliss-reactive ketones (excluding diaryl/α,β-unsaturated/α-hetero) is 1. The number of nitrogens with zero attached hydrogens (tertiary/aromatic N) is 1. The van der Waals surface area contributed by atoms with Crippen LogP contribution in [0.5, 0.6) is 0 Å². The number of ketones is 1. The Kier molecular flexibility index (Phi) is 3.49. The third-order valence-electron chi connectivity index (χ3n) is 2.56. The van der Waals surface area contributed by atoms with Crippen LogP contribution in [0.4, 0.5) is 0 Å². The minimum atomic E-state index is 0.0838. The van der Waals surface area contributed by atoms with Gasteiger partial charge < -0.3 is 4.74 Å². The quantitative estimate of drug-likeness (QED) is 0.612. The lowest BCUT2D eigenvalue weighted by atomic mass is 9.93. The van der Waals surface area contributed by atoms with Crippen LogP contribution in [0, 0.1) is 5.92 Å². The first-order valence-corrected chi connectivity index (χ1v) is 5.81. The van der Waals surface area contributed by atoms with Crippen LogP contribution in [0.1, 0.15) is 23.3 Å². The maximum Gasteiger partial charge on any atom is 0.184 e. The van der Waals surface area contributed by atoms with Gasteiger partial charge in [-0.05, 0) is 40.9 Å². The van der Waals surface area contributed by atoms with Gasteiger partial charge in [0, 0.05) is 19.1 Å². The number of rotatable bonds is 2. The van der Waals surface area contributed by atoms with Gasteiger partial charge in [-0.3, -0.25) is 4.79 Å². The molecule has 3 nitrogen and oxygen atoms in total. The van der Waals surface area contributed by atoms with Crippen molar-refractivity contribution in [2.45, 2.75) is 12.8 Å². The molecule has 0 spiro atoms. The minimum absolute atomic E-state index is 0.0838. The van der Waals surface area contributed by atoms with E-state index in [4.69, 9.17) is 4.74 Å². The van der Waals surface area contributed by atoms with Gasteiger partial charge in [0.25, 0.3) is 0 Å². The van der Waals surface area contributed by atoms with Crippen LogP contribution in [0.15, 0.2) is 22.8 Å². The average molecular weight is 270 g/mol.